The van der Waals surface area contributed by atoms with Crippen LogP contribution in [-0.2, 0) is 11.8 Å². The summed E-state index contributed by atoms with van der Waals surface area (Å²) in [5.41, 5.74) is 5.86. The molecule has 0 radical (unpaired) electrons. The topological polar surface area (TPSA) is 89.2 Å². The number of para-hydroxylation sites is 1. The number of methoxy groups -OCH3 is 1. The fraction of sp³-hybridized carbons (Fsp3) is 0.345. The van der Waals surface area contributed by atoms with Crippen molar-refractivity contribution in [2.75, 3.05) is 38.7 Å². The number of likely N-dealkylation sites (tertiary alicyclic amines) is 1. The van der Waals surface area contributed by atoms with E-state index in [9.17, 15) is 4.79 Å². The number of anilines is 1. The number of carbonyl (C=O) groups is 1. The van der Waals surface area contributed by atoms with Crippen LogP contribution in [-0.4, -0.2) is 69.9 Å². The zero-order valence-electron chi connectivity index (χ0n) is 22.4. The zero-order chi connectivity index (χ0) is 26.6. The summed E-state index contributed by atoms with van der Waals surface area (Å²) < 4.78 is 8.84. The zero-order valence-corrected chi connectivity index (χ0v) is 22.4. The Balaban J connectivity index is 1.41. The Morgan fingerprint density at radius 3 is 2.53 bits per heavy atom. The number of hydrogen-bond acceptors (Lipinski definition) is 5. The highest BCUT2D eigenvalue weighted by Crippen LogP contribution is 2.31. The average molecular weight is 514 g/mol. The van der Waals surface area contributed by atoms with E-state index in [1.54, 1.807) is 22.7 Å². The van der Waals surface area contributed by atoms with Crippen molar-refractivity contribution in [3.63, 3.8) is 0 Å². The van der Waals surface area contributed by atoms with Crippen LogP contribution in [0, 0.1) is 13.8 Å². The molecule has 1 aliphatic heterocycles. The Hall–Kier alpha value is -3.95. The van der Waals surface area contributed by atoms with Crippen LogP contribution in [0.4, 0.5) is 10.6 Å². The highest BCUT2D eigenvalue weighted by Gasteiger charge is 2.35. The summed E-state index contributed by atoms with van der Waals surface area (Å²) in [6, 6.07) is 18.1. The first-order valence-electron chi connectivity index (χ1n) is 12.9. The van der Waals surface area contributed by atoms with Gasteiger partial charge < -0.3 is 10.1 Å². The highest BCUT2D eigenvalue weighted by molar-refractivity contribution is 5.91. The smallest absolute Gasteiger partial charge is 0.320 e. The molecule has 198 valence electrons. The molecule has 0 saturated carbocycles. The van der Waals surface area contributed by atoms with Gasteiger partial charge in [0.05, 0.1) is 24.5 Å². The molecule has 0 spiro atoms. The van der Waals surface area contributed by atoms with Gasteiger partial charge in [-0.25, -0.2) is 9.48 Å². The molecular weight excluding hydrogens is 478 g/mol. The number of aryl methyl sites for hydroxylation is 2. The molecule has 0 aliphatic carbocycles. The molecule has 1 fully saturated rings. The molecule has 2 amide bonds. The minimum absolute atomic E-state index is 0.0410. The quantitative estimate of drug-likeness (QED) is 0.370. The lowest BCUT2D eigenvalue weighted by atomic mass is 9.94. The van der Waals surface area contributed by atoms with E-state index in [4.69, 9.17) is 9.84 Å². The number of aromatic nitrogens is 4. The highest BCUT2D eigenvalue weighted by atomic mass is 16.5. The Morgan fingerprint density at radius 1 is 1.08 bits per heavy atom. The van der Waals surface area contributed by atoms with E-state index in [0.29, 0.717) is 12.4 Å². The van der Waals surface area contributed by atoms with E-state index in [1.807, 2.05) is 50.5 Å². The fourth-order valence-corrected chi connectivity index (χ4v) is 5.11. The van der Waals surface area contributed by atoms with Crippen molar-refractivity contribution in [3.8, 4) is 16.9 Å². The summed E-state index contributed by atoms with van der Waals surface area (Å²) in [5, 5.41) is 15.6. The summed E-state index contributed by atoms with van der Waals surface area (Å²) in [6.07, 6.45) is 3.71. The molecule has 1 aliphatic rings. The van der Waals surface area contributed by atoms with Crippen molar-refractivity contribution in [2.45, 2.75) is 25.8 Å². The summed E-state index contributed by atoms with van der Waals surface area (Å²) in [6.45, 7) is 7.17. The summed E-state index contributed by atoms with van der Waals surface area (Å²) >= 11 is 0. The van der Waals surface area contributed by atoms with Gasteiger partial charge in [0, 0.05) is 57.0 Å². The number of hydrogen-bond donors (Lipinski definition) is 2. The van der Waals surface area contributed by atoms with Crippen molar-refractivity contribution in [1.82, 2.24) is 29.8 Å². The summed E-state index contributed by atoms with van der Waals surface area (Å²) in [5.74, 6) is 0.818. The molecule has 2 aromatic carbocycles. The Kier molecular flexibility index (Phi) is 7.57. The van der Waals surface area contributed by atoms with Crippen LogP contribution in [0.5, 0.6) is 0 Å². The van der Waals surface area contributed by atoms with Gasteiger partial charge in [-0.1, -0.05) is 48.0 Å². The molecule has 0 unspecified atom stereocenters. The second kappa shape index (κ2) is 11.2. The van der Waals surface area contributed by atoms with Crippen LogP contribution in [0.15, 0.2) is 67.0 Å². The minimum Gasteiger partial charge on any atom is -0.383 e. The van der Waals surface area contributed by atoms with Gasteiger partial charge in [0.2, 0.25) is 0 Å². The summed E-state index contributed by atoms with van der Waals surface area (Å²) in [4.78, 5) is 15.8. The van der Waals surface area contributed by atoms with E-state index in [0.717, 1.165) is 42.1 Å². The van der Waals surface area contributed by atoms with Crippen molar-refractivity contribution in [3.05, 3.63) is 83.7 Å². The summed E-state index contributed by atoms with van der Waals surface area (Å²) in [7, 11) is 3.59. The lowest BCUT2D eigenvalue weighted by molar-refractivity contribution is 0.159. The number of amides is 2. The van der Waals surface area contributed by atoms with E-state index in [2.05, 4.69) is 51.8 Å². The molecule has 2 N–H and O–H groups in total. The van der Waals surface area contributed by atoms with Gasteiger partial charge in [-0.05, 0) is 31.5 Å². The molecule has 9 nitrogen and oxygen atoms in total. The molecule has 0 bridgehead atoms. The lowest BCUT2D eigenvalue weighted by Gasteiger charge is -2.21. The van der Waals surface area contributed by atoms with Gasteiger partial charge in [0.15, 0.2) is 0 Å². The maximum Gasteiger partial charge on any atom is 0.320 e. The monoisotopic (exact) mass is 513 g/mol. The van der Waals surface area contributed by atoms with Crippen LogP contribution >= 0.6 is 0 Å². The third kappa shape index (κ3) is 5.49. The van der Waals surface area contributed by atoms with E-state index < -0.39 is 0 Å². The molecule has 9 heteroatoms. The molecule has 3 heterocycles. The fourth-order valence-electron chi connectivity index (χ4n) is 5.11. The maximum absolute atomic E-state index is 13.5. The number of ether oxygens (including phenoxy) is 1. The first-order valence-corrected chi connectivity index (χ1v) is 12.9. The van der Waals surface area contributed by atoms with Gasteiger partial charge in [-0.2, -0.15) is 10.2 Å². The first kappa shape index (κ1) is 25.7. The number of urea groups is 1. The van der Waals surface area contributed by atoms with E-state index >= 15 is 0 Å². The van der Waals surface area contributed by atoms with Gasteiger partial charge in [0.1, 0.15) is 11.5 Å². The number of carbonyl (C=O) groups excluding carboxylic acids is 1. The van der Waals surface area contributed by atoms with Gasteiger partial charge in [-0.15, -0.1) is 0 Å². The molecule has 2 atom stereocenters. The SMILES string of the molecule is COCCN1C[C@@H](NC(=O)Nc2c(C)c(-c3cnn(C)c3)nn2-c2ccccc2)[C@H](c2ccc(C)cc2)C1. The predicted octanol–water partition coefficient (Wildman–Crippen LogP) is 4.13. The molecule has 38 heavy (non-hydrogen) atoms. The second-order valence-corrected chi connectivity index (χ2v) is 9.95. The third-order valence-corrected chi connectivity index (χ3v) is 7.16. The number of benzene rings is 2. The van der Waals surface area contributed by atoms with Crippen LogP contribution in [0.1, 0.15) is 22.6 Å². The Labute approximate surface area is 223 Å². The number of rotatable bonds is 8. The number of nitrogens with one attached hydrogen (secondary N) is 2. The van der Waals surface area contributed by atoms with Crippen molar-refractivity contribution in [2.24, 2.45) is 7.05 Å². The van der Waals surface area contributed by atoms with Crippen molar-refractivity contribution < 1.29 is 9.53 Å². The molecule has 4 aromatic rings. The normalized spacial score (nSPS) is 17.6. The number of nitrogens with zero attached hydrogens (tertiary/aromatic N) is 5. The van der Waals surface area contributed by atoms with Crippen LogP contribution in [0.3, 0.4) is 0 Å². The van der Waals surface area contributed by atoms with Gasteiger partial charge in [-0.3, -0.25) is 14.9 Å². The predicted molar refractivity (Wildman–Crippen MR) is 149 cm³/mol. The second-order valence-electron chi connectivity index (χ2n) is 9.95. The first-order chi connectivity index (χ1) is 18.4. The Bertz CT molecular complexity index is 1380. The lowest BCUT2D eigenvalue weighted by Crippen LogP contribution is -2.42. The third-order valence-electron chi connectivity index (χ3n) is 7.16. The minimum atomic E-state index is -0.251. The standard InChI is InChI=1S/C29H35N7O2/c1-20-10-12-22(13-11-20)25-18-35(14-15-38-4)19-26(25)31-29(37)32-28-21(2)27(23-16-30-34(3)17-23)33-36(28)24-8-6-5-7-9-24/h5-13,16-17,25-26H,14-15,18-19H2,1-4H3,(H2,31,32,37)/t25-,26+/m0/s1. The maximum atomic E-state index is 13.5. The van der Waals surface area contributed by atoms with Crippen molar-refractivity contribution >= 4 is 11.8 Å². The molecular formula is C29H35N7O2. The molecule has 5 rings (SSSR count). The van der Waals surface area contributed by atoms with Gasteiger partial charge >= 0.3 is 6.03 Å². The van der Waals surface area contributed by atoms with E-state index in [1.165, 1.54) is 11.1 Å². The Morgan fingerprint density at radius 2 is 1.84 bits per heavy atom. The van der Waals surface area contributed by atoms with Crippen LogP contribution in [0.25, 0.3) is 16.9 Å². The van der Waals surface area contributed by atoms with Crippen molar-refractivity contribution in [1.29, 1.82) is 0 Å². The molecule has 1 saturated heterocycles. The largest absolute Gasteiger partial charge is 0.383 e. The average Bonchev–Trinajstić information content (AvgIpc) is 3.61. The molecule has 2 aromatic heterocycles. The van der Waals surface area contributed by atoms with Crippen LogP contribution in [0.2, 0.25) is 0 Å². The van der Waals surface area contributed by atoms with Crippen LogP contribution < -0.4 is 10.6 Å². The van der Waals surface area contributed by atoms with Gasteiger partial charge in [0.25, 0.3) is 0 Å². The van der Waals surface area contributed by atoms with E-state index in [-0.39, 0.29) is 18.0 Å².